The van der Waals surface area contributed by atoms with Gasteiger partial charge in [0.05, 0.1) is 6.20 Å². The van der Waals surface area contributed by atoms with Crippen molar-refractivity contribution in [2.75, 3.05) is 6.54 Å². The fraction of sp³-hybridized carbons (Fsp3) is 0.250. The number of aromatic nitrogens is 1. The second-order valence-corrected chi connectivity index (χ2v) is 7.70. The fourth-order valence-electron chi connectivity index (χ4n) is 1.57. The van der Waals surface area contributed by atoms with Gasteiger partial charge in [0.25, 0.3) is 10.0 Å². The molecule has 0 aliphatic rings. The molecule has 0 aliphatic carbocycles. The largest absolute Gasteiger partial charge is 0.251 e. The van der Waals surface area contributed by atoms with Crippen molar-refractivity contribution in [2.24, 2.45) is 0 Å². The molecule has 1 atom stereocenters. The highest BCUT2D eigenvalue weighted by atomic mass is 35.5. The first-order valence-electron chi connectivity index (χ1n) is 5.65. The predicted molar refractivity (Wildman–Crippen MR) is 77.2 cm³/mol. The Hall–Kier alpha value is -0.950. The van der Waals surface area contributed by atoms with Crippen molar-refractivity contribution >= 4 is 33.0 Å². The maximum absolute atomic E-state index is 12.0. The van der Waals surface area contributed by atoms with E-state index >= 15 is 0 Å². The zero-order valence-electron chi connectivity index (χ0n) is 10.2. The average molecular weight is 317 g/mol. The van der Waals surface area contributed by atoms with Crippen molar-refractivity contribution in [3.8, 4) is 0 Å². The molecule has 2 rings (SSSR count). The molecule has 0 fully saturated rings. The van der Waals surface area contributed by atoms with Crippen LogP contribution in [0.25, 0.3) is 0 Å². The first kappa shape index (κ1) is 14.5. The summed E-state index contributed by atoms with van der Waals surface area (Å²) in [5.74, 6) is 0.0966. The summed E-state index contributed by atoms with van der Waals surface area (Å²) in [6.45, 7) is 2.30. The van der Waals surface area contributed by atoms with Crippen molar-refractivity contribution in [1.82, 2.24) is 9.71 Å². The lowest BCUT2D eigenvalue weighted by molar-refractivity contribution is 0.577. The Morgan fingerprint density at radius 1 is 1.37 bits per heavy atom. The van der Waals surface area contributed by atoms with Crippen LogP contribution in [0.4, 0.5) is 0 Å². The topological polar surface area (TPSA) is 59.1 Å². The number of benzene rings is 1. The predicted octanol–water partition coefficient (Wildman–Crippen LogP) is 2.88. The van der Waals surface area contributed by atoms with Gasteiger partial charge in [0.1, 0.15) is 0 Å². The second-order valence-electron chi connectivity index (χ2n) is 4.10. The van der Waals surface area contributed by atoms with E-state index in [0.29, 0.717) is 6.54 Å². The van der Waals surface area contributed by atoms with E-state index in [-0.39, 0.29) is 14.6 Å². The van der Waals surface area contributed by atoms with Gasteiger partial charge in [-0.2, -0.15) is 0 Å². The first-order chi connectivity index (χ1) is 8.99. The van der Waals surface area contributed by atoms with Crippen LogP contribution in [0.2, 0.25) is 4.47 Å². The van der Waals surface area contributed by atoms with Crippen molar-refractivity contribution < 1.29 is 8.42 Å². The van der Waals surface area contributed by atoms with Crippen molar-refractivity contribution in [3.05, 3.63) is 46.6 Å². The molecule has 19 heavy (non-hydrogen) atoms. The zero-order valence-corrected chi connectivity index (χ0v) is 12.6. The Bertz CT molecular complexity index is 641. The summed E-state index contributed by atoms with van der Waals surface area (Å²) in [6, 6.07) is 9.75. The molecule has 7 heteroatoms. The number of thiazole rings is 1. The van der Waals surface area contributed by atoms with Crippen LogP contribution in [0.3, 0.4) is 0 Å². The van der Waals surface area contributed by atoms with E-state index in [1.165, 1.54) is 6.20 Å². The molecule has 102 valence electrons. The quantitative estimate of drug-likeness (QED) is 0.922. The summed E-state index contributed by atoms with van der Waals surface area (Å²) in [6.07, 6.45) is 1.27. The number of nitrogens with one attached hydrogen (secondary N) is 1. The Kier molecular flexibility index (Phi) is 4.57. The number of hydrogen-bond donors (Lipinski definition) is 1. The highest BCUT2D eigenvalue weighted by Gasteiger charge is 2.18. The van der Waals surface area contributed by atoms with Gasteiger partial charge in [0.15, 0.2) is 8.68 Å². The lowest BCUT2D eigenvalue weighted by Crippen LogP contribution is -2.27. The van der Waals surface area contributed by atoms with Crippen LogP contribution in [-0.4, -0.2) is 19.9 Å². The van der Waals surface area contributed by atoms with Gasteiger partial charge in [-0.3, -0.25) is 0 Å². The second kappa shape index (κ2) is 6.00. The summed E-state index contributed by atoms with van der Waals surface area (Å²) in [5.41, 5.74) is 1.09. The molecule has 0 saturated heterocycles. The Balaban J connectivity index is 2.03. The van der Waals surface area contributed by atoms with Gasteiger partial charge in [-0.25, -0.2) is 18.1 Å². The Labute approximate surface area is 121 Å². The van der Waals surface area contributed by atoms with Crippen LogP contribution >= 0.6 is 22.9 Å². The van der Waals surface area contributed by atoms with Gasteiger partial charge < -0.3 is 0 Å². The average Bonchev–Trinajstić information content (AvgIpc) is 2.85. The van der Waals surface area contributed by atoms with Gasteiger partial charge in [0, 0.05) is 6.54 Å². The van der Waals surface area contributed by atoms with Crippen molar-refractivity contribution in [1.29, 1.82) is 0 Å². The van der Waals surface area contributed by atoms with Crippen LogP contribution in [0.15, 0.2) is 40.7 Å². The maximum atomic E-state index is 12.0. The number of halogens is 1. The monoisotopic (exact) mass is 316 g/mol. The molecule has 0 saturated carbocycles. The molecule has 1 aromatic carbocycles. The molecule has 0 bridgehead atoms. The summed E-state index contributed by atoms with van der Waals surface area (Å²) < 4.78 is 26.9. The van der Waals surface area contributed by atoms with E-state index in [1.54, 1.807) is 0 Å². The number of hydrogen-bond acceptors (Lipinski definition) is 4. The van der Waals surface area contributed by atoms with E-state index in [0.717, 1.165) is 16.9 Å². The molecule has 0 radical (unpaired) electrons. The lowest BCUT2D eigenvalue weighted by Gasteiger charge is -2.12. The number of sulfonamides is 1. The van der Waals surface area contributed by atoms with E-state index in [4.69, 9.17) is 11.6 Å². The third-order valence-electron chi connectivity index (χ3n) is 2.67. The summed E-state index contributed by atoms with van der Waals surface area (Å²) in [5, 5.41) is 0. The van der Waals surface area contributed by atoms with E-state index in [2.05, 4.69) is 9.71 Å². The van der Waals surface area contributed by atoms with E-state index in [1.807, 2.05) is 37.3 Å². The van der Waals surface area contributed by atoms with Crippen molar-refractivity contribution in [2.45, 2.75) is 17.1 Å². The van der Waals surface area contributed by atoms with Gasteiger partial charge in [-0.05, 0) is 11.5 Å². The third kappa shape index (κ3) is 3.76. The standard InChI is InChI=1S/C12H13ClN2O2S2/c1-9(10-5-3-2-4-6-10)7-15-19(16,17)11-8-14-12(13)18-11/h2-6,8-9,15H,7H2,1H3. The SMILES string of the molecule is CC(CNS(=O)(=O)c1cnc(Cl)s1)c1ccccc1. The summed E-state index contributed by atoms with van der Waals surface area (Å²) in [7, 11) is -3.52. The minimum Gasteiger partial charge on any atom is -0.232 e. The number of rotatable bonds is 5. The highest BCUT2D eigenvalue weighted by molar-refractivity contribution is 7.91. The van der Waals surface area contributed by atoms with E-state index in [9.17, 15) is 8.42 Å². The summed E-state index contributed by atoms with van der Waals surface area (Å²) >= 11 is 6.59. The molecule has 4 nitrogen and oxygen atoms in total. The molecule has 0 amide bonds. The minimum atomic E-state index is -3.52. The van der Waals surface area contributed by atoms with Crippen molar-refractivity contribution in [3.63, 3.8) is 0 Å². The van der Waals surface area contributed by atoms with Gasteiger partial charge in [-0.1, -0.05) is 60.2 Å². The molecule has 0 aliphatic heterocycles. The maximum Gasteiger partial charge on any atom is 0.251 e. The molecular formula is C12H13ClN2O2S2. The third-order valence-corrected chi connectivity index (χ3v) is 5.67. The van der Waals surface area contributed by atoms with Gasteiger partial charge in [0.2, 0.25) is 0 Å². The molecule has 2 aromatic rings. The first-order valence-corrected chi connectivity index (χ1v) is 8.33. The van der Waals surface area contributed by atoms with Crippen LogP contribution < -0.4 is 4.72 Å². The zero-order chi connectivity index (χ0) is 13.9. The Morgan fingerprint density at radius 3 is 2.63 bits per heavy atom. The molecule has 0 spiro atoms. The molecule has 1 N–H and O–H groups in total. The molecule has 1 aromatic heterocycles. The summed E-state index contributed by atoms with van der Waals surface area (Å²) in [4.78, 5) is 3.73. The smallest absolute Gasteiger partial charge is 0.232 e. The molecule has 1 unspecified atom stereocenters. The number of nitrogens with zero attached hydrogens (tertiary/aromatic N) is 1. The van der Waals surface area contributed by atoms with Crippen LogP contribution in [0, 0.1) is 0 Å². The van der Waals surface area contributed by atoms with Gasteiger partial charge >= 0.3 is 0 Å². The van der Waals surface area contributed by atoms with Crippen LogP contribution in [0.5, 0.6) is 0 Å². The fourth-order valence-corrected chi connectivity index (χ4v) is 4.04. The minimum absolute atomic E-state index is 0.0966. The lowest BCUT2D eigenvalue weighted by atomic mass is 10.0. The molecular weight excluding hydrogens is 304 g/mol. The van der Waals surface area contributed by atoms with E-state index < -0.39 is 10.0 Å². The highest BCUT2D eigenvalue weighted by Crippen LogP contribution is 2.22. The normalized spacial score (nSPS) is 13.4. The Morgan fingerprint density at radius 2 is 2.05 bits per heavy atom. The van der Waals surface area contributed by atoms with Crippen LogP contribution in [-0.2, 0) is 10.0 Å². The van der Waals surface area contributed by atoms with Gasteiger partial charge in [-0.15, -0.1) is 0 Å². The van der Waals surface area contributed by atoms with Crippen LogP contribution in [0.1, 0.15) is 18.4 Å². The molecule has 1 heterocycles.